The van der Waals surface area contributed by atoms with Gasteiger partial charge in [0.2, 0.25) is 0 Å². The number of ether oxygens (including phenoxy) is 2. The van der Waals surface area contributed by atoms with Gasteiger partial charge in [0, 0.05) is 6.61 Å². The maximum atomic E-state index is 5.67. The molecule has 3 nitrogen and oxygen atoms in total. The third-order valence-electron chi connectivity index (χ3n) is 2.00. The molecule has 0 bridgehead atoms. The third-order valence-corrected chi connectivity index (χ3v) is 2.00. The minimum absolute atomic E-state index is 0.123. The Hall–Kier alpha value is -0.120. The van der Waals surface area contributed by atoms with Gasteiger partial charge in [0.05, 0.1) is 18.8 Å². The van der Waals surface area contributed by atoms with Crippen molar-refractivity contribution in [3.05, 3.63) is 0 Å². The average molecular weight is 129 g/mol. The van der Waals surface area contributed by atoms with Crippen molar-refractivity contribution < 1.29 is 9.47 Å². The number of hydrogen-bond donors (Lipinski definition) is 1. The van der Waals surface area contributed by atoms with Gasteiger partial charge < -0.3 is 15.2 Å². The van der Waals surface area contributed by atoms with Gasteiger partial charge in [-0.1, -0.05) is 0 Å². The van der Waals surface area contributed by atoms with Gasteiger partial charge in [-0.15, -0.1) is 0 Å². The van der Waals surface area contributed by atoms with Crippen molar-refractivity contribution in [3.63, 3.8) is 0 Å². The summed E-state index contributed by atoms with van der Waals surface area (Å²) in [5.41, 5.74) is 5.67. The highest BCUT2D eigenvalue weighted by Crippen LogP contribution is 2.24. The van der Waals surface area contributed by atoms with Crippen molar-refractivity contribution in [2.24, 2.45) is 5.73 Å². The van der Waals surface area contributed by atoms with Crippen LogP contribution in [0.15, 0.2) is 0 Å². The average Bonchev–Trinajstić information content (AvgIpc) is 2.35. The first kappa shape index (κ1) is 5.65. The molecule has 0 saturated carbocycles. The van der Waals surface area contributed by atoms with E-state index in [4.69, 9.17) is 15.2 Å². The van der Waals surface area contributed by atoms with Crippen molar-refractivity contribution in [2.45, 2.75) is 24.7 Å². The molecule has 0 aromatic carbocycles. The van der Waals surface area contributed by atoms with Gasteiger partial charge >= 0.3 is 0 Å². The highest BCUT2D eigenvalue weighted by Gasteiger charge is 2.39. The molecule has 2 aliphatic heterocycles. The topological polar surface area (TPSA) is 44.5 Å². The molecule has 2 saturated heterocycles. The van der Waals surface area contributed by atoms with E-state index in [1.54, 1.807) is 0 Å². The van der Waals surface area contributed by atoms with Gasteiger partial charge in [-0.3, -0.25) is 0 Å². The van der Waals surface area contributed by atoms with Gasteiger partial charge in [0.1, 0.15) is 6.10 Å². The van der Waals surface area contributed by atoms with Crippen LogP contribution in [0.5, 0.6) is 0 Å². The molecule has 3 heteroatoms. The standard InChI is InChI=1S/C6H11NO2/c7-4-3-9-5-1-2-8-6(4)5/h4-6H,1-3,7H2/t4-,5?,6+/m0/s1. The highest BCUT2D eigenvalue weighted by molar-refractivity contribution is 4.90. The van der Waals surface area contributed by atoms with E-state index in [1.807, 2.05) is 0 Å². The molecular weight excluding hydrogens is 118 g/mol. The first-order valence-corrected chi connectivity index (χ1v) is 3.37. The molecule has 2 heterocycles. The van der Waals surface area contributed by atoms with Gasteiger partial charge in [0.15, 0.2) is 0 Å². The van der Waals surface area contributed by atoms with Crippen LogP contribution in [0, 0.1) is 0 Å². The second-order valence-corrected chi connectivity index (χ2v) is 2.66. The molecule has 0 aliphatic carbocycles. The van der Waals surface area contributed by atoms with Crippen LogP contribution in [0.1, 0.15) is 6.42 Å². The minimum atomic E-state index is 0.123. The van der Waals surface area contributed by atoms with Crippen LogP contribution in [-0.2, 0) is 9.47 Å². The smallest absolute Gasteiger partial charge is 0.101 e. The summed E-state index contributed by atoms with van der Waals surface area (Å²) in [5, 5.41) is 0. The molecule has 52 valence electrons. The lowest BCUT2D eigenvalue weighted by Gasteiger charge is -2.09. The van der Waals surface area contributed by atoms with E-state index in [2.05, 4.69) is 0 Å². The first-order chi connectivity index (χ1) is 4.38. The lowest BCUT2D eigenvalue weighted by atomic mass is 10.1. The summed E-state index contributed by atoms with van der Waals surface area (Å²) in [6.07, 6.45) is 1.53. The largest absolute Gasteiger partial charge is 0.374 e. The van der Waals surface area contributed by atoms with Crippen LogP contribution in [0.3, 0.4) is 0 Å². The summed E-state index contributed by atoms with van der Waals surface area (Å²) in [4.78, 5) is 0. The summed E-state index contributed by atoms with van der Waals surface area (Å²) < 4.78 is 10.7. The summed E-state index contributed by atoms with van der Waals surface area (Å²) in [7, 11) is 0. The molecule has 9 heavy (non-hydrogen) atoms. The van der Waals surface area contributed by atoms with Crippen molar-refractivity contribution in [3.8, 4) is 0 Å². The summed E-state index contributed by atoms with van der Waals surface area (Å²) >= 11 is 0. The number of fused-ring (bicyclic) bond motifs is 1. The van der Waals surface area contributed by atoms with Crippen LogP contribution in [0.2, 0.25) is 0 Å². The highest BCUT2D eigenvalue weighted by atomic mass is 16.6. The van der Waals surface area contributed by atoms with Gasteiger partial charge in [-0.25, -0.2) is 0 Å². The van der Waals surface area contributed by atoms with E-state index >= 15 is 0 Å². The normalized spacial score (nSPS) is 49.7. The minimum Gasteiger partial charge on any atom is -0.374 e. The van der Waals surface area contributed by atoms with Crippen LogP contribution < -0.4 is 5.73 Å². The van der Waals surface area contributed by atoms with Crippen molar-refractivity contribution >= 4 is 0 Å². The van der Waals surface area contributed by atoms with E-state index in [-0.39, 0.29) is 12.1 Å². The molecule has 2 fully saturated rings. The number of nitrogens with two attached hydrogens (primary N) is 1. The predicted octanol–water partition coefficient (Wildman–Crippen LogP) is -0.499. The Balaban J connectivity index is 2.07. The fourth-order valence-corrected chi connectivity index (χ4v) is 1.50. The van der Waals surface area contributed by atoms with Crippen molar-refractivity contribution in [1.29, 1.82) is 0 Å². The molecule has 2 N–H and O–H groups in total. The Morgan fingerprint density at radius 3 is 3.00 bits per heavy atom. The van der Waals surface area contributed by atoms with E-state index < -0.39 is 0 Å². The van der Waals surface area contributed by atoms with Crippen molar-refractivity contribution in [1.82, 2.24) is 0 Å². The Bertz CT molecular complexity index is 118. The van der Waals surface area contributed by atoms with Crippen LogP contribution in [-0.4, -0.2) is 31.5 Å². The SMILES string of the molecule is N[C@H]1COC2CCO[C@@H]21. The zero-order valence-corrected chi connectivity index (χ0v) is 5.25. The molecule has 2 rings (SSSR count). The first-order valence-electron chi connectivity index (χ1n) is 3.37. The molecule has 3 atom stereocenters. The second kappa shape index (κ2) is 1.94. The molecule has 0 radical (unpaired) electrons. The lowest BCUT2D eigenvalue weighted by Crippen LogP contribution is -2.34. The Kier molecular flexibility index (Phi) is 1.22. The Morgan fingerprint density at radius 1 is 1.33 bits per heavy atom. The molecule has 1 unspecified atom stereocenters. The van der Waals surface area contributed by atoms with E-state index in [0.29, 0.717) is 12.7 Å². The van der Waals surface area contributed by atoms with Gasteiger partial charge in [-0.2, -0.15) is 0 Å². The summed E-state index contributed by atoms with van der Waals surface area (Å²) in [5.74, 6) is 0. The fourth-order valence-electron chi connectivity index (χ4n) is 1.50. The fraction of sp³-hybridized carbons (Fsp3) is 1.00. The van der Waals surface area contributed by atoms with E-state index in [1.165, 1.54) is 0 Å². The number of rotatable bonds is 0. The summed E-state index contributed by atoms with van der Waals surface area (Å²) in [6.45, 7) is 1.50. The van der Waals surface area contributed by atoms with Gasteiger partial charge in [0.25, 0.3) is 0 Å². The molecule has 2 aliphatic rings. The zero-order valence-electron chi connectivity index (χ0n) is 5.25. The second-order valence-electron chi connectivity index (χ2n) is 2.66. The quantitative estimate of drug-likeness (QED) is 0.479. The summed E-state index contributed by atoms with van der Waals surface area (Å²) in [6, 6.07) is 0.123. The Labute approximate surface area is 54.1 Å². The zero-order chi connectivity index (χ0) is 6.27. The maximum absolute atomic E-state index is 5.67. The predicted molar refractivity (Wildman–Crippen MR) is 32.1 cm³/mol. The third kappa shape index (κ3) is 0.764. The van der Waals surface area contributed by atoms with Crippen LogP contribution in [0.25, 0.3) is 0 Å². The monoisotopic (exact) mass is 129 g/mol. The molecular formula is C6H11NO2. The molecule has 0 spiro atoms. The molecule has 0 aromatic rings. The Morgan fingerprint density at radius 2 is 2.22 bits per heavy atom. The van der Waals surface area contributed by atoms with E-state index in [9.17, 15) is 0 Å². The van der Waals surface area contributed by atoms with Crippen LogP contribution >= 0.6 is 0 Å². The molecule has 0 amide bonds. The van der Waals surface area contributed by atoms with E-state index in [0.717, 1.165) is 13.0 Å². The number of hydrogen-bond acceptors (Lipinski definition) is 3. The van der Waals surface area contributed by atoms with Gasteiger partial charge in [-0.05, 0) is 6.42 Å². The lowest BCUT2D eigenvalue weighted by molar-refractivity contribution is 0.0709. The van der Waals surface area contributed by atoms with Crippen molar-refractivity contribution in [2.75, 3.05) is 13.2 Å². The molecule has 0 aromatic heterocycles. The van der Waals surface area contributed by atoms with Crippen LogP contribution in [0.4, 0.5) is 0 Å². The maximum Gasteiger partial charge on any atom is 0.101 e.